The van der Waals surface area contributed by atoms with E-state index in [4.69, 9.17) is 9.47 Å². The van der Waals surface area contributed by atoms with Gasteiger partial charge in [0.15, 0.2) is 11.5 Å². The Morgan fingerprint density at radius 1 is 0.857 bits per heavy atom. The average Bonchev–Trinajstić information content (AvgIpc) is 3.29. The van der Waals surface area contributed by atoms with Crippen LogP contribution in [-0.2, 0) is 14.8 Å². The van der Waals surface area contributed by atoms with E-state index in [1.54, 1.807) is 18.2 Å². The first-order valence-electron chi connectivity index (χ1n) is 14.3. The molecule has 0 aromatic heterocycles. The molecule has 0 aliphatic carbocycles. The molecule has 0 unspecified atom stereocenters. The molecular weight excluding hydrogens is 552 g/mol. The number of nitrogens with zero attached hydrogens (tertiary/aromatic N) is 2. The molecule has 0 bridgehead atoms. The Bertz CT molecular complexity index is 1520. The topological polar surface area (TPSA) is 100 Å². The van der Waals surface area contributed by atoms with Crippen LogP contribution in [0.3, 0.4) is 0 Å². The molecule has 0 fully saturated rings. The Kier molecular flexibility index (Phi) is 10.1. The molecular formula is C32H40N4O5S. The van der Waals surface area contributed by atoms with Gasteiger partial charge in [-0.3, -0.25) is 9.10 Å². The summed E-state index contributed by atoms with van der Waals surface area (Å²) in [6.45, 7) is 11.5. The van der Waals surface area contributed by atoms with Gasteiger partial charge in [0.1, 0.15) is 0 Å². The van der Waals surface area contributed by atoms with Crippen molar-refractivity contribution in [3.63, 3.8) is 0 Å². The molecule has 9 nitrogen and oxygen atoms in total. The number of anilines is 3. The molecule has 0 saturated carbocycles. The molecule has 224 valence electrons. The summed E-state index contributed by atoms with van der Waals surface area (Å²) in [7, 11) is -3.48. The number of carbonyl (C=O) groups is 1. The number of rotatable bonds is 14. The molecule has 0 saturated heterocycles. The number of benzene rings is 3. The highest BCUT2D eigenvalue weighted by Gasteiger charge is 2.31. The third-order valence-electron chi connectivity index (χ3n) is 7.08. The van der Waals surface area contributed by atoms with Crippen molar-refractivity contribution in [3.05, 3.63) is 77.9 Å². The molecule has 4 rings (SSSR count). The monoisotopic (exact) mass is 592 g/mol. The fourth-order valence-corrected chi connectivity index (χ4v) is 5.88. The predicted octanol–water partition coefficient (Wildman–Crippen LogP) is 5.52. The first-order chi connectivity index (χ1) is 20.2. The van der Waals surface area contributed by atoms with Gasteiger partial charge in [0, 0.05) is 30.4 Å². The number of hydrogen-bond donors (Lipinski definition) is 2. The van der Waals surface area contributed by atoms with Crippen molar-refractivity contribution in [2.75, 3.05) is 60.6 Å². The highest BCUT2D eigenvalue weighted by molar-refractivity contribution is 7.92. The number of likely N-dealkylation sites (N-methyl/N-ethyl adjacent to an activating group) is 1. The van der Waals surface area contributed by atoms with Crippen LogP contribution in [0.2, 0.25) is 0 Å². The Labute approximate surface area is 249 Å². The number of nitrogens with one attached hydrogen (secondary N) is 2. The largest absolute Gasteiger partial charge is 0.490 e. The van der Waals surface area contributed by atoms with Crippen molar-refractivity contribution in [2.45, 2.75) is 27.7 Å². The van der Waals surface area contributed by atoms with Crippen LogP contribution >= 0.6 is 0 Å². The minimum absolute atomic E-state index is 0.247. The fraction of sp³-hybridized carbons (Fsp3) is 0.344. The van der Waals surface area contributed by atoms with Gasteiger partial charge in [-0.1, -0.05) is 44.2 Å². The Balaban J connectivity index is 1.74. The minimum Gasteiger partial charge on any atom is -0.490 e. The quantitative estimate of drug-likeness (QED) is 0.238. The lowest BCUT2D eigenvalue weighted by Gasteiger charge is -2.26. The first-order valence-corrected chi connectivity index (χ1v) is 16.2. The summed E-state index contributed by atoms with van der Waals surface area (Å²) in [4.78, 5) is 15.6. The van der Waals surface area contributed by atoms with Gasteiger partial charge < -0.3 is 25.0 Å². The van der Waals surface area contributed by atoms with E-state index in [1.165, 1.54) is 10.6 Å². The van der Waals surface area contributed by atoms with Crippen LogP contribution in [0.15, 0.2) is 66.7 Å². The van der Waals surface area contributed by atoms with Crippen molar-refractivity contribution in [2.24, 2.45) is 0 Å². The van der Waals surface area contributed by atoms with Gasteiger partial charge >= 0.3 is 0 Å². The van der Waals surface area contributed by atoms with Crippen molar-refractivity contribution in [3.8, 4) is 11.5 Å². The molecule has 3 aromatic carbocycles. The molecule has 0 spiro atoms. The normalized spacial score (nSPS) is 13.9. The van der Waals surface area contributed by atoms with Crippen LogP contribution in [0.1, 0.15) is 38.8 Å². The van der Waals surface area contributed by atoms with Crippen molar-refractivity contribution >= 4 is 44.3 Å². The number of fused-ring (bicyclic) bond motifs is 1. The second-order valence-electron chi connectivity index (χ2n) is 9.81. The molecule has 3 aromatic rings. The summed E-state index contributed by atoms with van der Waals surface area (Å²) in [6, 6.07) is 20.5. The van der Waals surface area contributed by atoms with Gasteiger partial charge in [-0.25, -0.2) is 8.42 Å². The van der Waals surface area contributed by atoms with Crippen molar-refractivity contribution in [1.82, 2.24) is 4.90 Å². The maximum atomic E-state index is 13.4. The summed E-state index contributed by atoms with van der Waals surface area (Å²) in [5, 5.41) is 6.42. The van der Waals surface area contributed by atoms with Crippen LogP contribution in [0.5, 0.6) is 11.5 Å². The summed E-state index contributed by atoms with van der Waals surface area (Å²) >= 11 is 0. The molecule has 0 atom stereocenters. The molecule has 0 radical (unpaired) electrons. The number of carbonyl (C=O) groups excluding carboxylic acids is 1. The molecule has 1 heterocycles. The number of amides is 1. The second kappa shape index (κ2) is 13.8. The Morgan fingerprint density at radius 2 is 1.48 bits per heavy atom. The number of ether oxygens (including phenoxy) is 2. The van der Waals surface area contributed by atoms with Crippen LogP contribution < -0.4 is 24.4 Å². The average molecular weight is 593 g/mol. The van der Waals surface area contributed by atoms with E-state index in [0.717, 1.165) is 18.7 Å². The summed E-state index contributed by atoms with van der Waals surface area (Å²) in [6.07, 6.45) is 1.23. The van der Waals surface area contributed by atoms with Crippen LogP contribution in [-0.4, -0.2) is 64.9 Å². The van der Waals surface area contributed by atoms with E-state index in [2.05, 4.69) is 29.4 Å². The van der Waals surface area contributed by atoms with Crippen LogP contribution in [0.25, 0.3) is 11.3 Å². The number of sulfonamides is 1. The molecule has 10 heteroatoms. The Hall–Kier alpha value is -4.02. The zero-order valence-corrected chi connectivity index (χ0v) is 25.8. The maximum absolute atomic E-state index is 13.4. The molecule has 2 N–H and O–H groups in total. The van der Waals surface area contributed by atoms with Crippen molar-refractivity contribution < 1.29 is 22.7 Å². The van der Waals surface area contributed by atoms with Gasteiger partial charge in [0.05, 0.1) is 42.1 Å². The lowest BCUT2D eigenvalue weighted by molar-refractivity contribution is -0.110. The standard InChI is InChI=1S/C32H40N4O5S/c1-6-35(7-2)19-20-36(42(5,38)39)25-17-15-24(16-18-25)33-31(23-13-11-10-12-14-23)30-26-21-28(40-8-3)29(41-9-4)22-27(26)34-32(30)37/h10-18,21-22,33H,6-9,19-20H2,1-5H3,(H,34,37)/b31-30-. The lowest BCUT2D eigenvalue weighted by atomic mass is 9.99. The zero-order chi connectivity index (χ0) is 30.3. The fourth-order valence-electron chi connectivity index (χ4n) is 4.96. The summed E-state index contributed by atoms with van der Waals surface area (Å²) in [5.74, 6) is 0.888. The van der Waals surface area contributed by atoms with E-state index in [-0.39, 0.29) is 5.91 Å². The molecule has 1 aliphatic heterocycles. The van der Waals surface area contributed by atoms with E-state index >= 15 is 0 Å². The third-order valence-corrected chi connectivity index (χ3v) is 8.27. The highest BCUT2D eigenvalue weighted by Crippen LogP contribution is 2.43. The van der Waals surface area contributed by atoms with Crippen LogP contribution in [0, 0.1) is 0 Å². The second-order valence-corrected chi connectivity index (χ2v) is 11.7. The maximum Gasteiger partial charge on any atom is 0.258 e. The van der Waals surface area contributed by atoms with E-state index in [1.807, 2.05) is 62.4 Å². The van der Waals surface area contributed by atoms with Gasteiger partial charge in [0.25, 0.3) is 5.91 Å². The van der Waals surface area contributed by atoms with Gasteiger partial charge in [-0.05, 0) is 62.8 Å². The minimum atomic E-state index is -3.48. The van der Waals surface area contributed by atoms with E-state index in [0.29, 0.717) is 71.7 Å². The zero-order valence-electron chi connectivity index (χ0n) is 24.9. The van der Waals surface area contributed by atoms with Gasteiger partial charge in [0.2, 0.25) is 10.0 Å². The van der Waals surface area contributed by atoms with Crippen molar-refractivity contribution in [1.29, 1.82) is 0 Å². The van der Waals surface area contributed by atoms with Gasteiger partial charge in [-0.2, -0.15) is 0 Å². The SMILES string of the molecule is CCOc1cc2c(cc1OCC)/C(=C(/Nc1ccc(N(CCN(CC)CC)S(C)(=O)=O)cc1)c1ccccc1)C(=O)N2. The highest BCUT2D eigenvalue weighted by atomic mass is 32.2. The van der Waals surface area contributed by atoms with Crippen LogP contribution in [0.4, 0.5) is 17.1 Å². The number of hydrogen-bond acceptors (Lipinski definition) is 7. The molecule has 1 aliphatic rings. The van der Waals surface area contributed by atoms with E-state index < -0.39 is 10.0 Å². The predicted molar refractivity (Wildman–Crippen MR) is 171 cm³/mol. The first kappa shape index (κ1) is 30.9. The van der Waals surface area contributed by atoms with E-state index in [9.17, 15) is 13.2 Å². The lowest BCUT2D eigenvalue weighted by Crippen LogP contribution is -2.38. The smallest absolute Gasteiger partial charge is 0.258 e. The third kappa shape index (κ3) is 7.06. The summed E-state index contributed by atoms with van der Waals surface area (Å²) < 4.78 is 38.4. The molecule has 42 heavy (non-hydrogen) atoms. The van der Waals surface area contributed by atoms with Gasteiger partial charge in [-0.15, -0.1) is 0 Å². The summed E-state index contributed by atoms with van der Waals surface area (Å²) in [5.41, 5.74) is 4.55. The molecule has 1 amide bonds. The Morgan fingerprint density at radius 3 is 2.05 bits per heavy atom.